The van der Waals surface area contributed by atoms with Gasteiger partial charge in [-0.25, -0.2) is 9.97 Å². The summed E-state index contributed by atoms with van der Waals surface area (Å²) in [4.78, 5) is 10.9. The van der Waals surface area contributed by atoms with Gasteiger partial charge in [-0.3, -0.25) is 4.57 Å². The topological polar surface area (TPSA) is 48.8 Å². The molecule has 4 heterocycles. The maximum Gasteiger partial charge on any atom is 0.165 e. The van der Waals surface area contributed by atoms with Crippen LogP contribution in [0.1, 0.15) is 0 Å². The number of hydrogen-bond donors (Lipinski definition) is 0. The van der Waals surface area contributed by atoms with Gasteiger partial charge < -0.3 is 8.98 Å². The minimum Gasteiger partial charge on any atom is -0.456 e. The van der Waals surface area contributed by atoms with Crippen molar-refractivity contribution in [1.29, 1.82) is 0 Å². The van der Waals surface area contributed by atoms with Gasteiger partial charge in [0.15, 0.2) is 5.82 Å². The molecule has 0 radical (unpaired) electrons. The number of furan rings is 1. The zero-order valence-corrected chi connectivity index (χ0v) is 28.2. The Bertz CT molecular complexity index is 3570. The molecule has 0 unspecified atom stereocenters. The van der Waals surface area contributed by atoms with Crippen molar-refractivity contribution in [3.8, 4) is 33.9 Å². The lowest BCUT2D eigenvalue weighted by atomic mass is 9.95. The number of nitrogens with zero attached hydrogens (tertiary/aromatic N) is 4. The monoisotopic (exact) mass is 674 g/mol. The van der Waals surface area contributed by atoms with E-state index in [9.17, 15) is 0 Å². The van der Waals surface area contributed by atoms with Gasteiger partial charge in [0.1, 0.15) is 16.9 Å². The van der Waals surface area contributed by atoms with E-state index < -0.39 is 0 Å². The molecule has 5 nitrogen and oxygen atoms in total. The Hall–Kier alpha value is -7.24. The molecule has 53 heavy (non-hydrogen) atoms. The molecule has 0 saturated heterocycles. The summed E-state index contributed by atoms with van der Waals surface area (Å²) >= 11 is 0. The van der Waals surface area contributed by atoms with Gasteiger partial charge in [-0.2, -0.15) is 0 Å². The van der Waals surface area contributed by atoms with Crippen LogP contribution >= 0.6 is 0 Å². The molecule has 1 aliphatic carbocycles. The van der Waals surface area contributed by atoms with Crippen molar-refractivity contribution in [1.82, 2.24) is 19.1 Å². The first kappa shape index (κ1) is 27.5. The average Bonchev–Trinajstić information content (AvgIpc) is 3.84. The minimum atomic E-state index is 0.800. The third-order valence-corrected chi connectivity index (χ3v) is 11.4. The van der Waals surface area contributed by atoms with Crippen molar-refractivity contribution in [3.63, 3.8) is 0 Å². The zero-order chi connectivity index (χ0) is 34.4. The van der Waals surface area contributed by atoms with E-state index in [1.54, 1.807) is 0 Å². The van der Waals surface area contributed by atoms with Crippen LogP contribution in [-0.4, -0.2) is 19.1 Å². The fraction of sp³-hybridized carbons (Fsp3) is 0. The van der Waals surface area contributed by atoms with Crippen LogP contribution in [0.4, 0.5) is 0 Å². The first-order valence-corrected chi connectivity index (χ1v) is 18.0. The summed E-state index contributed by atoms with van der Waals surface area (Å²) in [5.74, 6) is 0.800. The Balaban J connectivity index is 1.18. The van der Waals surface area contributed by atoms with Gasteiger partial charge in [0, 0.05) is 49.0 Å². The predicted molar refractivity (Wildman–Crippen MR) is 217 cm³/mol. The molecule has 0 aliphatic heterocycles. The molecule has 244 valence electrons. The van der Waals surface area contributed by atoms with Crippen molar-refractivity contribution in [3.05, 3.63) is 158 Å². The van der Waals surface area contributed by atoms with Crippen LogP contribution in [0.3, 0.4) is 0 Å². The predicted octanol–water partition coefficient (Wildman–Crippen LogP) is 12.5. The van der Waals surface area contributed by atoms with E-state index >= 15 is 0 Å². The Kier molecular flexibility index (Phi) is 5.06. The Morgan fingerprint density at radius 3 is 1.98 bits per heavy atom. The SMILES string of the molecule is c1ccc(-n2c3ccccc3c3ccc(-c4nc5ccccc5nc4-n4c5cccc6c5c5c7c(ccc54)oc4ccc5cccc-6c5c47)cc32)cc1. The van der Waals surface area contributed by atoms with E-state index in [-0.39, 0.29) is 0 Å². The largest absolute Gasteiger partial charge is 0.456 e. The summed E-state index contributed by atoms with van der Waals surface area (Å²) in [6.07, 6.45) is 0. The number of rotatable bonds is 3. The van der Waals surface area contributed by atoms with Gasteiger partial charge in [0.25, 0.3) is 0 Å². The van der Waals surface area contributed by atoms with Crippen molar-refractivity contribution in [2.24, 2.45) is 0 Å². The molecule has 0 amide bonds. The summed E-state index contributed by atoms with van der Waals surface area (Å²) < 4.78 is 11.3. The number of fused-ring (bicyclic) bond motifs is 5. The number of hydrogen-bond acceptors (Lipinski definition) is 3. The summed E-state index contributed by atoms with van der Waals surface area (Å²) in [6.45, 7) is 0. The molecule has 0 atom stereocenters. The van der Waals surface area contributed by atoms with Gasteiger partial charge in [-0.1, -0.05) is 97.1 Å². The van der Waals surface area contributed by atoms with E-state index in [0.717, 1.165) is 66.9 Å². The van der Waals surface area contributed by atoms with Gasteiger partial charge in [0.2, 0.25) is 0 Å². The van der Waals surface area contributed by atoms with Crippen molar-refractivity contribution in [2.45, 2.75) is 0 Å². The van der Waals surface area contributed by atoms with E-state index in [0.29, 0.717) is 0 Å². The maximum atomic E-state index is 6.58. The molecule has 12 aromatic rings. The normalized spacial score (nSPS) is 12.5. The molecule has 0 N–H and O–H groups in total. The second kappa shape index (κ2) is 9.75. The van der Waals surface area contributed by atoms with Crippen molar-refractivity contribution in [2.75, 3.05) is 0 Å². The molecule has 8 aromatic carbocycles. The molecule has 0 saturated carbocycles. The first-order valence-electron chi connectivity index (χ1n) is 18.0. The third kappa shape index (κ3) is 3.46. The molecule has 4 aromatic heterocycles. The van der Waals surface area contributed by atoms with Crippen molar-refractivity contribution >= 4 is 87.4 Å². The van der Waals surface area contributed by atoms with E-state index in [1.165, 1.54) is 54.3 Å². The molecule has 5 heteroatoms. The van der Waals surface area contributed by atoms with Crippen LogP contribution in [0.2, 0.25) is 0 Å². The van der Waals surface area contributed by atoms with Crippen LogP contribution in [0.5, 0.6) is 0 Å². The van der Waals surface area contributed by atoms with Crippen LogP contribution in [0.15, 0.2) is 162 Å². The molecule has 0 spiro atoms. The summed E-state index contributed by atoms with van der Waals surface area (Å²) in [5, 5.41) is 9.63. The third-order valence-electron chi connectivity index (χ3n) is 11.4. The second-order valence-corrected chi connectivity index (χ2v) is 14.1. The molecule has 1 aliphatic rings. The molecular formula is C48H26N4O. The summed E-state index contributed by atoms with van der Waals surface area (Å²) in [6, 6.07) is 56.2. The van der Waals surface area contributed by atoms with Gasteiger partial charge in [-0.05, 0) is 77.2 Å². The van der Waals surface area contributed by atoms with E-state index in [4.69, 9.17) is 14.4 Å². The number of benzene rings is 8. The lowest BCUT2D eigenvalue weighted by Gasteiger charge is -2.15. The Labute approximate surface area is 301 Å². The molecular weight excluding hydrogens is 649 g/mol. The maximum absolute atomic E-state index is 6.58. The van der Waals surface area contributed by atoms with Gasteiger partial charge >= 0.3 is 0 Å². The summed E-state index contributed by atoms with van der Waals surface area (Å²) in [7, 11) is 0. The quantitative estimate of drug-likeness (QED) is 0.187. The zero-order valence-electron chi connectivity index (χ0n) is 28.2. The number of para-hydroxylation sites is 4. The minimum absolute atomic E-state index is 0.800. The highest BCUT2D eigenvalue weighted by Gasteiger charge is 2.28. The fourth-order valence-electron chi connectivity index (χ4n) is 9.27. The average molecular weight is 675 g/mol. The Morgan fingerprint density at radius 1 is 0.415 bits per heavy atom. The van der Waals surface area contributed by atoms with Gasteiger partial charge in [-0.15, -0.1) is 0 Å². The lowest BCUT2D eigenvalue weighted by molar-refractivity contribution is 0.669. The number of aromatic nitrogens is 4. The smallest absolute Gasteiger partial charge is 0.165 e. The lowest BCUT2D eigenvalue weighted by Crippen LogP contribution is -2.04. The fourth-order valence-corrected chi connectivity index (χ4v) is 9.27. The first-order chi connectivity index (χ1) is 26.3. The van der Waals surface area contributed by atoms with E-state index in [2.05, 4.69) is 155 Å². The highest BCUT2D eigenvalue weighted by atomic mass is 16.3. The Morgan fingerprint density at radius 2 is 1.09 bits per heavy atom. The van der Waals surface area contributed by atoms with Crippen LogP contribution in [0.25, 0.3) is 121 Å². The standard InChI is InChI=1S/C48H26N4O/c1-2-11-29(12-3-1)51-36-18-7-4-13-30(36)31-22-20-28(26-39(31)51)47-48(50-35-17-6-5-16-34(35)49-47)52-37-19-9-15-33-32-14-8-10-27-21-24-40-45(42(27)32)46-41(53-40)25-23-38(52)44(46)43(33)37/h1-26H. The summed E-state index contributed by atoms with van der Waals surface area (Å²) in [5.41, 5.74) is 13.4. The van der Waals surface area contributed by atoms with E-state index in [1.807, 2.05) is 12.1 Å². The second-order valence-electron chi connectivity index (χ2n) is 14.1. The van der Waals surface area contributed by atoms with Crippen LogP contribution in [-0.2, 0) is 0 Å². The molecule has 0 fully saturated rings. The highest BCUT2D eigenvalue weighted by Crippen LogP contribution is 2.51. The highest BCUT2D eigenvalue weighted by molar-refractivity contribution is 6.37. The van der Waals surface area contributed by atoms with Crippen LogP contribution < -0.4 is 0 Å². The van der Waals surface area contributed by atoms with Crippen LogP contribution in [0, 0.1) is 0 Å². The molecule has 0 bridgehead atoms. The van der Waals surface area contributed by atoms with Crippen molar-refractivity contribution < 1.29 is 4.42 Å². The molecule has 13 rings (SSSR count). The van der Waals surface area contributed by atoms with Gasteiger partial charge in [0.05, 0.1) is 33.1 Å².